The van der Waals surface area contributed by atoms with Crippen molar-refractivity contribution in [2.75, 3.05) is 0 Å². The van der Waals surface area contributed by atoms with Gasteiger partial charge in [0, 0.05) is 11.9 Å². The number of carbonyl (C=O) groups is 1. The predicted molar refractivity (Wildman–Crippen MR) is 52.0 cm³/mol. The van der Waals surface area contributed by atoms with Crippen LogP contribution in [0.25, 0.3) is 0 Å². The Bertz CT molecular complexity index is 337. The Kier molecular flexibility index (Phi) is 3.17. The summed E-state index contributed by atoms with van der Waals surface area (Å²) in [5.74, 6) is -1.10. The second kappa shape index (κ2) is 4.17. The number of aliphatic carboxylic acids is 1. The van der Waals surface area contributed by atoms with Crippen LogP contribution >= 0.6 is 0 Å². The number of rotatable bonds is 3. The summed E-state index contributed by atoms with van der Waals surface area (Å²) in [5.41, 5.74) is 0.793. The van der Waals surface area contributed by atoms with Crippen LogP contribution in [0.4, 0.5) is 0 Å². The Morgan fingerprint density at radius 1 is 1.50 bits per heavy atom. The van der Waals surface area contributed by atoms with Gasteiger partial charge in [0.1, 0.15) is 11.7 Å². The molecule has 1 rings (SSSR count). The fourth-order valence-corrected chi connectivity index (χ4v) is 1.31. The highest BCUT2D eigenvalue weighted by molar-refractivity contribution is 5.75. The summed E-state index contributed by atoms with van der Waals surface area (Å²) in [6.07, 6.45) is 1.59. The lowest BCUT2D eigenvalue weighted by molar-refractivity contribution is -0.140. The molecule has 0 aliphatic heterocycles. The Morgan fingerprint density at radius 2 is 2.14 bits per heavy atom. The lowest BCUT2D eigenvalue weighted by Gasteiger charge is -2.14. The summed E-state index contributed by atoms with van der Waals surface area (Å²) < 4.78 is 0. The number of hydrogen-bond donors (Lipinski definition) is 1. The molecule has 1 atom stereocenters. The summed E-state index contributed by atoms with van der Waals surface area (Å²) in [6.45, 7) is 5.53. The minimum atomic E-state index is -0.870. The fourth-order valence-electron chi connectivity index (χ4n) is 1.31. The Labute approximate surface area is 83.0 Å². The Morgan fingerprint density at radius 3 is 2.57 bits per heavy atom. The molecule has 14 heavy (non-hydrogen) atoms. The first-order valence-corrected chi connectivity index (χ1v) is 4.54. The van der Waals surface area contributed by atoms with Crippen molar-refractivity contribution < 1.29 is 9.90 Å². The summed E-state index contributed by atoms with van der Waals surface area (Å²) in [7, 11) is 0. The molecule has 1 unspecified atom stereocenters. The van der Waals surface area contributed by atoms with E-state index in [-0.39, 0.29) is 5.92 Å². The van der Waals surface area contributed by atoms with Crippen LogP contribution in [-0.2, 0) is 4.79 Å². The van der Waals surface area contributed by atoms with Crippen LogP contribution in [0.15, 0.2) is 12.3 Å². The van der Waals surface area contributed by atoms with Gasteiger partial charge in [0.05, 0.1) is 0 Å². The first-order valence-electron chi connectivity index (χ1n) is 4.54. The minimum absolute atomic E-state index is 0.00528. The van der Waals surface area contributed by atoms with E-state index in [1.807, 2.05) is 20.8 Å². The van der Waals surface area contributed by atoms with Gasteiger partial charge in [0.2, 0.25) is 0 Å². The van der Waals surface area contributed by atoms with Gasteiger partial charge in [-0.05, 0) is 18.9 Å². The molecule has 76 valence electrons. The third kappa shape index (κ3) is 2.28. The Hall–Kier alpha value is -1.45. The summed E-state index contributed by atoms with van der Waals surface area (Å²) in [4.78, 5) is 19.1. The molecule has 0 spiro atoms. The SMILES string of the molecule is Cc1ccnc(C(C(=O)O)C(C)C)n1. The van der Waals surface area contributed by atoms with Gasteiger partial charge in [-0.25, -0.2) is 9.97 Å². The van der Waals surface area contributed by atoms with Gasteiger partial charge >= 0.3 is 5.97 Å². The van der Waals surface area contributed by atoms with Crippen LogP contribution in [0.1, 0.15) is 31.3 Å². The van der Waals surface area contributed by atoms with Crippen molar-refractivity contribution in [1.82, 2.24) is 9.97 Å². The van der Waals surface area contributed by atoms with Crippen molar-refractivity contribution in [2.45, 2.75) is 26.7 Å². The monoisotopic (exact) mass is 194 g/mol. The molecule has 0 bridgehead atoms. The molecule has 0 saturated heterocycles. The van der Waals surface area contributed by atoms with E-state index in [2.05, 4.69) is 9.97 Å². The van der Waals surface area contributed by atoms with Crippen molar-refractivity contribution in [2.24, 2.45) is 5.92 Å². The zero-order valence-electron chi connectivity index (χ0n) is 8.56. The van der Waals surface area contributed by atoms with Gasteiger partial charge in [-0.15, -0.1) is 0 Å². The van der Waals surface area contributed by atoms with E-state index in [0.717, 1.165) is 5.69 Å². The molecule has 0 aromatic carbocycles. The molecule has 1 N–H and O–H groups in total. The van der Waals surface area contributed by atoms with Crippen LogP contribution < -0.4 is 0 Å². The molecule has 0 radical (unpaired) electrons. The van der Waals surface area contributed by atoms with Crippen LogP contribution in [0.5, 0.6) is 0 Å². The zero-order chi connectivity index (χ0) is 10.7. The average Bonchev–Trinajstić information content (AvgIpc) is 2.02. The van der Waals surface area contributed by atoms with E-state index >= 15 is 0 Å². The van der Waals surface area contributed by atoms with Gasteiger partial charge in [-0.2, -0.15) is 0 Å². The fraction of sp³-hybridized carbons (Fsp3) is 0.500. The molecule has 0 aliphatic carbocycles. The van der Waals surface area contributed by atoms with Crippen molar-refractivity contribution in [3.05, 3.63) is 23.8 Å². The first kappa shape index (κ1) is 10.6. The highest BCUT2D eigenvalue weighted by atomic mass is 16.4. The van der Waals surface area contributed by atoms with Crippen molar-refractivity contribution >= 4 is 5.97 Å². The normalized spacial score (nSPS) is 12.9. The van der Waals surface area contributed by atoms with Crippen molar-refractivity contribution in [3.63, 3.8) is 0 Å². The maximum Gasteiger partial charge on any atom is 0.314 e. The molecule has 0 aliphatic rings. The number of carboxylic acid groups (broad SMARTS) is 1. The molecule has 1 heterocycles. The number of aryl methyl sites for hydroxylation is 1. The van der Waals surface area contributed by atoms with E-state index in [1.165, 1.54) is 0 Å². The van der Waals surface area contributed by atoms with Crippen LogP contribution in [0, 0.1) is 12.8 Å². The van der Waals surface area contributed by atoms with Gasteiger partial charge in [-0.3, -0.25) is 4.79 Å². The van der Waals surface area contributed by atoms with Crippen molar-refractivity contribution in [3.8, 4) is 0 Å². The molecule has 0 amide bonds. The van der Waals surface area contributed by atoms with E-state index in [1.54, 1.807) is 12.3 Å². The van der Waals surface area contributed by atoms with Crippen LogP contribution in [0.2, 0.25) is 0 Å². The van der Waals surface area contributed by atoms with E-state index in [9.17, 15) is 4.79 Å². The molecule has 4 nitrogen and oxygen atoms in total. The lowest BCUT2D eigenvalue weighted by atomic mass is 9.95. The summed E-state index contributed by atoms with van der Waals surface area (Å²) >= 11 is 0. The van der Waals surface area contributed by atoms with Crippen LogP contribution in [0.3, 0.4) is 0 Å². The minimum Gasteiger partial charge on any atom is -0.481 e. The van der Waals surface area contributed by atoms with Crippen molar-refractivity contribution in [1.29, 1.82) is 0 Å². The molecular weight excluding hydrogens is 180 g/mol. The number of nitrogens with zero attached hydrogens (tertiary/aromatic N) is 2. The van der Waals surface area contributed by atoms with E-state index < -0.39 is 11.9 Å². The highest BCUT2D eigenvalue weighted by Crippen LogP contribution is 2.21. The largest absolute Gasteiger partial charge is 0.481 e. The zero-order valence-corrected chi connectivity index (χ0v) is 8.56. The van der Waals surface area contributed by atoms with Gasteiger partial charge in [0.15, 0.2) is 0 Å². The second-order valence-corrected chi connectivity index (χ2v) is 3.62. The summed E-state index contributed by atoms with van der Waals surface area (Å²) in [5, 5.41) is 9.01. The molecule has 4 heteroatoms. The predicted octanol–water partition coefficient (Wildman–Crippen LogP) is 1.61. The van der Waals surface area contributed by atoms with Gasteiger partial charge < -0.3 is 5.11 Å². The Balaban J connectivity index is 3.05. The smallest absolute Gasteiger partial charge is 0.314 e. The number of hydrogen-bond acceptors (Lipinski definition) is 3. The molecule has 0 fully saturated rings. The third-order valence-corrected chi connectivity index (χ3v) is 2.02. The third-order valence-electron chi connectivity index (χ3n) is 2.02. The summed E-state index contributed by atoms with van der Waals surface area (Å²) in [6, 6.07) is 1.75. The first-order chi connectivity index (χ1) is 6.52. The molecule has 1 aromatic heterocycles. The molecular formula is C10H14N2O2. The number of aromatic nitrogens is 2. The average molecular weight is 194 g/mol. The lowest BCUT2D eigenvalue weighted by Crippen LogP contribution is -2.20. The maximum absolute atomic E-state index is 11.0. The van der Waals surface area contributed by atoms with E-state index in [0.29, 0.717) is 5.82 Å². The topological polar surface area (TPSA) is 63.1 Å². The highest BCUT2D eigenvalue weighted by Gasteiger charge is 2.26. The maximum atomic E-state index is 11.0. The quantitative estimate of drug-likeness (QED) is 0.794. The number of carboxylic acids is 1. The molecule has 0 saturated carbocycles. The van der Waals surface area contributed by atoms with Gasteiger partial charge in [-0.1, -0.05) is 13.8 Å². The van der Waals surface area contributed by atoms with Crippen LogP contribution in [-0.4, -0.2) is 21.0 Å². The molecule has 1 aromatic rings. The van der Waals surface area contributed by atoms with Gasteiger partial charge in [0.25, 0.3) is 0 Å². The van der Waals surface area contributed by atoms with E-state index in [4.69, 9.17) is 5.11 Å². The standard InChI is InChI=1S/C10H14N2O2/c1-6(2)8(10(13)14)9-11-5-4-7(3)12-9/h4-6,8H,1-3H3,(H,13,14). The second-order valence-electron chi connectivity index (χ2n) is 3.62.